The van der Waals surface area contributed by atoms with E-state index >= 15 is 0 Å². The molecule has 1 unspecified atom stereocenters. The Morgan fingerprint density at radius 1 is 1.35 bits per heavy atom. The summed E-state index contributed by atoms with van der Waals surface area (Å²) in [4.78, 5) is 8.19. The Labute approximate surface area is 103 Å². The third kappa shape index (κ3) is 4.99. The van der Waals surface area contributed by atoms with E-state index in [-0.39, 0.29) is 6.04 Å². The standard InChI is InChI=1S/C12H21N3O2/c1-4-6-10(8-16-3)15-11-7-12(17-5-2)14-9-13-11/h7,9-10H,4-6,8H2,1-3H3,(H,13,14,15). The van der Waals surface area contributed by atoms with Gasteiger partial charge < -0.3 is 14.8 Å². The topological polar surface area (TPSA) is 56.3 Å². The number of nitrogens with zero attached hydrogens (tertiary/aromatic N) is 2. The molecular weight excluding hydrogens is 218 g/mol. The summed E-state index contributed by atoms with van der Waals surface area (Å²) in [7, 11) is 1.70. The minimum atomic E-state index is 0.273. The van der Waals surface area contributed by atoms with Gasteiger partial charge >= 0.3 is 0 Å². The second kappa shape index (κ2) is 7.84. The first-order valence-corrected chi connectivity index (χ1v) is 6.00. The monoisotopic (exact) mass is 239 g/mol. The number of nitrogens with one attached hydrogen (secondary N) is 1. The molecule has 0 aliphatic heterocycles. The van der Waals surface area contributed by atoms with Gasteiger partial charge in [0, 0.05) is 13.2 Å². The highest BCUT2D eigenvalue weighted by Crippen LogP contribution is 2.13. The van der Waals surface area contributed by atoms with Crippen molar-refractivity contribution < 1.29 is 9.47 Å². The first-order valence-electron chi connectivity index (χ1n) is 6.00. The zero-order chi connectivity index (χ0) is 12.5. The smallest absolute Gasteiger partial charge is 0.218 e. The molecule has 0 bridgehead atoms. The van der Waals surface area contributed by atoms with E-state index in [1.807, 2.05) is 13.0 Å². The van der Waals surface area contributed by atoms with E-state index in [0.29, 0.717) is 19.1 Å². The van der Waals surface area contributed by atoms with Crippen LogP contribution in [0, 0.1) is 0 Å². The van der Waals surface area contributed by atoms with Gasteiger partial charge in [0.25, 0.3) is 0 Å². The Bertz CT molecular complexity index is 314. The molecule has 0 amide bonds. The Hall–Kier alpha value is -1.36. The lowest BCUT2D eigenvalue weighted by Gasteiger charge is -2.17. The van der Waals surface area contributed by atoms with Crippen LogP contribution in [0.2, 0.25) is 0 Å². The van der Waals surface area contributed by atoms with Gasteiger partial charge in [0.1, 0.15) is 12.1 Å². The van der Waals surface area contributed by atoms with Gasteiger partial charge in [0.05, 0.1) is 19.3 Å². The van der Waals surface area contributed by atoms with E-state index < -0.39 is 0 Å². The Morgan fingerprint density at radius 3 is 2.82 bits per heavy atom. The van der Waals surface area contributed by atoms with E-state index in [9.17, 15) is 0 Å². The molecule has 0 aliphatic rings. The first-order chi connectivity index (χ1) is 8.30. The Morgan fingerprint density at radius 2 is 2.18 bits per heavy atom. The molecule has 1 N–H and O–H groups in total. The van der Waals surface area contributed by atoms with Gasteiger partial charge in [0.2, 0.25) is 5.88 Å². The van der Waals surface area contributed by atoms with Crippen LogP contribution >= 0.6 is 0 Å². The summed E-state index contributed by atoms with van der Waals surface area (Å²) in [5, 5.41) is 3.32. The van der Waals surface area contributed by atoms with Crippen LogP contribution in [0.3, 0.4) is 0 Å². The molecule has 0 aromatic carbocycles. The lowest BCUT2D eigenvalue weighted by molar-refractivity contribution is 0.182. The molecule has 1 rings (SSSR count). The second-order valence-corrected chi connectivity index (χ2v) is 3.76. The van der Waals surface area contributed by atoms with Crippen LogP contribution in [0.4, 0.5) is 5.82 Å². The van der Waals surface area contributed by atoms with E-state index in [0.717, 1.165) is 18.7 Å². The van der Waals surface area contributed by atoms with Crippen LogP contribution in [0.15, 0.2) is 12.4 Å². The van der Waals surface area contributed by atoms with Crippen molar-refractivity contribution in [2.75, 3.05) is 25.6 Å². The number of methoxy groups -OCH3 is 1. The van der Waals surface area contributed by atoms with Crippen molar-refractivity contribution in [2.45, 2.75) is 32.7 Å². The Kier molecular flexibility index (Phi) is 6.32. The number of anilines is 1. The van der Waals surface area contributed by atoms with E-state index in [2.05, 4.69) is 22.2 Å². The fraction of sp³-hybridized carbons (Fsp3) is 0.667. The molecule has 1 aromatic rings. The second-order valence-electron chi connectivity index (χ2n) is 3.76. The highest BCUT2D eigenvalue weighted by Gasteiger charge is 2.08. The number of ether oxygens (including phenoxy) is 2. The summed E-state index contributed by atoms with van der Waals surface area (Å²) in [6, 6.07) is 2.08. The summed E-state index contributed by atoms with van der Waals surface area (Å²) in [6.45, 7) is 5.35. The third-order valence-electron chi connectivity index (χ3n) is 2.29. The van der Waals surface area contributed by atoms with Crippen molar-refractivity contribution >= 4 is 5.82 Å². The summed E-state index contributed by atoms with van der Waals surface area (Å²) in [6.07, 6.45) is 3.65. The van der Waals surface area contributed by atoms with Crippen LogP contribution in [0.1, 0.15) is 26.7 Å². The van der Waals surface area contributed by atoms with Crippen LogP contribution in [-0.4, -0.2) is 36.3 Å². The van der Waals surface area contributed by atoms with Crippen molar-refractivity contribution in [3.8, 4) is 5.88 Å². The van der Waals surface area contributed by atoms with Gasteiger partial charge in [-0.2, -0.15) is 0 Å². The summed E-state index contributed by atoms with van der Waals surface area (Å²) < 4.78 is 10.5. The summed E-state index contributed by atoms with van der Waals surface area (Å²) in [5.74, 6) is 1.37. The first kappa shape index (κ1) is 13.7. The van der Waals surface area contributed by atoms with Crippen molar-refractivity contribution in [2.24, 2.45) is 0 Å². The maximum absolute atomic E-state index is 5.33. The van der Waals surface area contributed by atoms with Crippen molar-refractivity contribution in [3.05, 3.63) is 12.4 Å². The lowest BCUT2D eigenvalue weighted by atomic mass is 10.2. The van der Waals surface area contributed by atoms with Gasteiger partial charge in [-0.25, -0.2) is 9.97 Å². The van der Waals surface area contributed by atoms with Crippen LogP contribution in [0.5, 0.6) is 5.88 Å². The molecule has 96 valence electrons. The van der Waals surface area contributed by atoms with Gasteiger partial charge in [-0.3, -0.25) is 0 Å². The number of aromatic nitrogens is 2. The van der Waals surface area contributed by atoms with Gasteiger partial charge in [-0.05, 0) is 13.3 Å². The molecule has 0 fully saturated rings. The highest BCUT2D eigenvalue weighted by atomic mass is 16.5. The van der Waals surface area contributed by atoms with E-state index in [4.69, 9.17) is 9.47 Å². The van der Waals surface area contributed by atoms with E-state index in [1.165, 1.54) is 6.33 Å². The van der Waals surface area contributed by atoms with Crippen molar-refractivity contribution in [1.29, 1.82) is 0 Å². The molecule has 1 aromatic heterocycles. The molecule has 5 heteroatoms. The Balaban J connectivity index is 2.60. The average molecular weight is 239 g/mol. The molecular formula is C12H21N3O2. The third-order valence-corrected chi connectivity index (χ3v) is 2.29. The molecule has 5 nitrogen and oxygen atoms in total. The molecule has 0 saturated carbocycles. The molecule has 17 heavy (non-hydrogen) atoms. The van der Waals surface area contributed by atoms with Crippen LogP contribution < -0.4 is 10.1 Å². The van der Waals surface area contributed by atoms with Gasteiger partial charge in [0.15, 0.2) is 0 Å². The fourth-order valence-corrected chi connectivity index (χ4v) is 1.60. The average Bonchev–Trinajstić information content (AvgIpc) is 2.30. The quantitative estimate of drug-likeness (QED) is 0.753. The zero-order valence-corrected chi connectivity index (χ0v) is 10.8. The predicted octanol–water partition coefficient (Wildman–Crippen LogP) is 2.10. The highest BCUT2D eigenvalue weighted by molar-refractivity contribution is 5.38. The summed E-state index contributed by atoms with van der Waals surface area (Å²) >= 11 is 0. The zero-order valence-electron chi connectivity index (χ0n) is 10.8. The largest absolute Gasteiger partial charge is 0.478 e. The van der Waals surface area contributed by atoms with Crippen molar-refractivity contribution in [3.63, 3.8) is 0 Å². The molecule has 1 heterocycles. The summed E-state index contributed by atoms with van der Waals surface area (Å²) in [5.41, 5.74) is 0. The fourth-order valence-electron chi connectivity index (χ4n) is 1.60. The minimum absolute atomic E-state index is 0.273. The maximum Gasteiger partial charge on any atom is 0.218 e. The number of hydrogen-bond acceptors (Lipinski definition) is 5. The number of rotatable bonds is 8. The van der Waals surface area contributed by atoms with Gasteiger partial charge in [-0.1, -0.05) is 13.3 Å². The predicted molar refractivity (Wildman–Crippen MR) is 67.4 cm³/mol. The van der Waals surface area contributed by atoms with Gasteiger partial charge in [-0.15, -0.1) is 0 Å². The molecule has 0 spiro atoms. The molecule has 0 saturated heterocycles. The maximum atomic E-state index is 5.33. The van der Waals surface area contributed by atoms with Crippen molar-refractivity contribution in [1.82, 2.24) is 9.97 Å². The van der Waals surface area contributed by atoms with Crippen LogP contribution in [-0.2, 0) is 4.74 Å². The molecule has 0 aliphatic carbocycles. The van der Waals surface area contributed by atoms with E-state index in [1.54, 1.807) is 7.11 Å². The minimum Gasteiger partial charge on any atom is -0.478 e. The normalized spacial score (nSPS) is 12.2. The number of hydrogen-bond donors (Lipinski definition) is 1. The molecule has 0 radical (unpaired) electrons. The molecule has 1 atom stereocenters. The SMILES string of the molecule is CCCC(COC)Nc1cc(OCC)ncn1. The lowest BCUT2D eigenvalue weighted by Crippen LogP contribution is -2.25. The van der Waals surface area contributed by atoms with Crippen LogP contribution in [0.25, 0.3) is 0 Å².